The van der Waals surface area contributed by atoms with Gasteiger partial charge in [0.15, 0.2) is 0 Å². The van der Waals surface area contributed by atoms with Gasteiger partial charge in [0.25, 0.3) is 0 Å². The Hall–Kier alpha value is -0.570. The van der Waals surface area contributed by atoms with E-state index in [9.17, 15) is 4.79 Å². The number of nitrogens with one attached hydrogen (secondary N) is 1. The Morgan fingerprint density at radius 2 is 1.95 bits per heavy atom. The van der Waals surface area contributed by atoms with Gasteiger partial charge in [-0.25, -0.2) is 0 Å². The lowest BCUT2D eigenvalue weighted by atomic mass is 9.93. The second-order valence-electron chi connectivity index (χ2n) is 6.69. The maximum atomic E-state index is 12.7. The zero-order valence-corrected chi connectivity index (χ0v) is 12.8. The molecule has 1 amide bonds. The van der Waals surface area contributed by atoms with Gasteiger partial charge in [0.1, 0.15) is 0 Å². The fourth-order valence-corrected chi connectivity index (χ4v) is 3.65. The van der Waals surface area contributed by atoms with Crippen LogP contribution in [-0.4, -0.2) is 29.1 Å². The number of nitrogens with zero attached hydrogens (tertiary/aromatic N) is 1. The normalized spacial score (nSPS) is 29.5. The van der Waals surface area contributed by atoms with E-state index in [1.165, 1.54) is 32.1 Å². The maximum Gasteiger partial charge on any atom is 0.241 e. The van der Waals surface area contributed by atoms with E-state index >= 15 is 0 Å². The van der Waals surface area contributed by atoms with E-state index in [1.54, 1.807) is 0 Å². The molecule has 1 saturated carbocycles. The molecule has 110 valence electrons. The molecule has 1 heterocycles. The molecule has 3 heteroatoms. The van der Waals surface area contributed by atoms with Gasteiger partial charge in [-0.3, -0.25) is 10.1 Å². The topological polar surface area (TPSA) is 32.3 Å². The molecule has 0 radical (unpaired) electrons. The fraction of sp³-hybridized carbons (Fsp3) is 0.938. The summed E-state index contributed by atoms with van der Waals surface area (Å²) in [6.07, 6.45) is 9.86. The summed E-state index contributed by atoms with van der Waals surface area (Å²) in [4.78, 5) is 14.9. The van der Waals surface area contributed by atoms with Gasteiger partial charge < -0.3 is 4.90 Å². The molecule has 1 N–H and O–H groups in total. The van der Waals surface area contributed by atoms with Crippen molar-refractivity contribution >= 4 is 5.91 Å². The molecular formula is C16H30N2O. The van der Waals surface area contributed by atoms with Crippen LogP contribution in [0, 0.1) is 5.92 Å². The number of amides is 1. The van der Waals surface area contributed by atoms with Crippen LogP contribution in [0.3, 0.4) is 0 Å². The maximum absolute atomic E-state index is 12.7. The third kappa shape index (κ3) is 3.50. The minimum absolute atomic E-state index is 0.0680. The van der Waals surface area contributed by atoms with Gasteiger partial charge in [-0.1, -0.05) is 46.5 Å². The first-order valence-electron chi connectivity index (χ1n) is 8.21. The number of carbonyl (C=O) groups is 1. The van der Waals surface area contributed by atoms with Crippen LogP contribution in [0.4, 0.5) is 0 Å². The van der Waals surface area contributed by atoms with Crippen molar-refractivity contribution in [2.75, 3.05) is 0 Å². The van der Waals surface area contributed by atoms with Crippen LogP contribution in [0.5, 0.6) is 0 Å². The Morgan fingerprint density at radius 1 is 1.26 bits per heavy atom. The molecule has 0 bridgehead atoms. The van der Waals surface area contributed by atoms with Crippen LogP contribution < -0.4 is 5.32 Å². The Morgan fingerprint density at radius 3 is 2.53 bits per heavy atom. The standard InChI is InChI=1S/C16H30N2O/c1-4-8-15-17-14(11-12(2)3)16(19)18(15)13-9-6-5-7-10-13/h12-15,17H,4-11H2,1-3H3. The van der Waals surface area contributed by atoms with E-state index in [4.69, 9.17) is 0 Å². The minimum atomic E-state index is 0.0680. The molecule has 0 spiro atoms. The van der Waals surface area contributed by atoms with Crippen LogP contribution in [0.25, 0.3) is 0 Å². The van der Waals surface area contributed by atoms with Gasteiger partial charge in [0.05, 0.1) is 12.2 Å². The minimum Gasteiger partial charge on any atom is -0.323 e. The van der Waals surface area contributed by atoms with E-state index < -0.39 is 0 Å². The summed E-state index contributed by atoms with van der Waals surface area (Å²) in [5, 5.41) is 3.60. The van der Waals surface area contributed by atoms with Crippen molar-refractivity contribution in [1.82, 2.24) is 10.2 Å². The highest BCUT2D eigenvalue weighted by atomic mass is 16.2. The number of rotatable bonds is 5. The molecule has 0 aromatic heterocycles. The lowest BCUT2D eigenvalue weighted by Crippen LogP contribution is -2.45. The molecule has 3 nitrogen and oxygen atoms in total. The van der Waals surface area contributed by atoms with Gasteiger partial charge >= 0.3 is 0 Å². The molecule has 2 rings (SSSR count). The first-order chi connectivity index (χ1) is 9.13. The average Bonchev–Trinajstić information content (AvgIpc) is 2.67. The first kappa shape index (κ1) is 14.8. The average molecular weight is 266 g/mol. The van der Waals surface area contributed by atoms with Crippen molar-refractivity contribution in [3.8, 4) is 0 Å². The Bertz CT molecular complexity index is 297. The third-order valence-electron chi connectivity index (χ3n) is 4.52. The van der Waals surface area contributed by atoms with Gasteiger partial charge in [0.2, 0.25) is 5.91 Å². The van der Waals surface area contributed by atoms with Crippen LogP contribution in [-0.2, 0) is 4.79 Å². The SMILES string of the molecule is CCCC1NC(CC(C)C)C(=O)N1C1CCCCC1. The second kappa shape index (κ2) is 6.74. The molecule has 1 saturated heterocycles. The summed E-state index contributed by atoms with van der Waals surface area (Å²) in [7, 11) is 0. The van der Waals surface area contributed by atoms with Crippen molar-refractivity contribution < 1.29 is 4.79 Å². The largest absolute Gasteiger partial charge is 0.323 e. The van der Waals surface area contributed by atoms with Crippen molar-refractivity contribution in [1.29, 1.82) is 0 Å². The monoisotopic (exact) mass is 266 g/mol. The molecule has 19 heavy (non-hydrogen) atoms. The van der Waals surface area contributed by atoms with Crippen LogP contribution in [0.1, 0.15) is 72.1 Å². The number of hydrogen-bond acceptors (Lipinski definition) is 2. The van der Waals surface area contributed by atoms with Gasteiger partial charge in [-0.2, -0.15) is 0 Å². The number of carbonyl (C=O) groups excluding carboxylic acids is 1. The quantitative estimate of drug-likeness (QED) is 0.828. The second-order valence-corrected chi connectivity index (χ2v) is 6.69. The molecule has 0 aromatic rings. The predicted molar refractivity (Wildman–Crippen MR) is 78.8 cm³/mol. The first-order valence-corrected chi connectivity index (χ1v) is 8.21. The molecule has 0 aromatic carbocycles. The summed E-state index contributed by atoms with van der Waals surface area (Å²) in [5.74, 6) is 0.953. The molecule has 2 unspecified atom stereocenters. The highest BCUT2D eigenvalue weighted by molar-refractivity contribution is 5.84. The van der Waals surface area contributed by atoms with E-state index in [1.807, 2.05) is 0 Å². The summed E-state index contributed by atoms with van der Waals surface area (Å²) in [5.41, 5.74) is 0. The van der Waals surface area contributed by atoms with E-state index in [0.717, 1.165) is 19.3 Å². The summed E-state index contributed by atoms with van der Waals surface area (Å²) in [6.45, 7) is 6.61. The fourth-order valence-electron chi connectivity index (χ4n) is 3.65. The molecule has 1 aliphatic heterocycles. The molecule has 2 fully saturated rings. The van der Waals surface area contributed by atoms with E-state index in [2.05, 4.69) is 31.0 Å². The van der Waals surface area contributed by atoms with E-state index in [0.29, 0.717) is 24.0 Å². The lowest BCUT2D eigenvalue weighted by molar-refractivity contribution is -0.133. The Labute approximate surface area is 118 Å². The highest BCUT2D eigenvalue weighted by Gasteiger charge is 2.41. The molecule has 2 aliphatic rings. The molecular weight excluding hydrogens is 236 g/mol. The summed E-state index contributed by atoms with van der Waals surface area (Å²) in [6, 6.07) is 0.570. The number of hydrogen-bond donors (Lipinski definition) is 1. The smallest absolute Gasteiger partial charge is 0.241 e. The lowest BCUT2D eigenvalue weighted by Gasteiger charge is -2.35. The van der Waals surface area contributed by atoms with Crippen LogP contribution in [0.2, 0.25) is 0 Å². The third-order valence-corrected chi connectivity index (χ3v) is 4.52. The van der Waals surface area contributed by atoms with Gasteiger partial charge in [-0.05, 0) is 31.6 Å². The molecule has 2 atom stereocenters. The van der Waals surface area contributed by atoms with Crippen molar-refractivity contribution in [2.24, 2.45) is 5.92 Å². The molecule has 1 aliphatic carbocycles. The van der Waals surface area contributed by atoms with Crippen molar-refractivity contribution in [3.05, 3.63) is 0 Å². The van der Waals surface area contributed by atoms with Gasteiger partial charge in [-0.15, -0.1) is 0 Å². The van der Waals surface area contributed by atoms with Gasteiger partial charge in [0, 0.05) is 6.04 Å². The Kier molecular flexibility index (Phi) is 5.26. The predicted octanol–water partition coefficient (Wildman–Crippen LogP) is 3.29. The zero-order chi connectivity index (χ0) is 13.8. The van der Waals surface area contributed by atoms with Crippen LogP contribution in [0.15, 0.2) is 0 Å². The highest BCUT2D eigenvalue weighted by Crippen LogP contribution is 2.29. The summed E-state index contributed by atoms with van der Waals surface area (Å²) >= 11 is 0. The summed E-state index contributed by atoms with van der Waals surface area (Å²) < 4.78 is 0. The van der Waals surface area contributed by atoms with Crippen LogP contribution >= 0.6 is 0 Å². The van der Waals surface area contributed by atoms with E-state index in [-0.39, 0.29) is 6.04 Å². The van der Waals surface area contributed by atoms with Crippen molar-refractivity contribution in [3.63, 3.8) is 0 Å². The zero-order valence-electron chi connectivity index (χ0n) is 12.8. The Balaban J connectivity index is 2.05. The van der Waals surface area contributed by atoms with Crippen molar-refractivity contribution in [2.45, 2.75) is 90.4 Å².